The highest BCUT2D eigenvalue weighted by Crippen LogP contribution is 2.33. The van der Waals surface area contributed by atoms with E-state index in [-0.39, 0.29) is 11.3 Å². The molecule has 3 aromatic carbocycles. The van der Waals surface area contributed by atoms with Crippen LogP contribution in [0, 0.1) is 18.6 Å². The van der Waals surface area contributed by atoms with Gasteiger partial charge < -0.3 is 5.73 Å². The molecule has 0 amide bonds. The lowest BCUT2D eigenvalue weighted by atomic mass is 9.95. The van der Waals surface area contributed by atoms with Crippen molar-refractivity contribution in [3.63, 3.8) is 0 Å². The van der Waals surface area contributed by atoms with Gasteiger partial charge in [0.1, 0.15) is 11.6 Å². The second-order valence-electron chi connectivity index (χ2n) is 4.83. The van der Waals surface area contributed by atoms with Crippen molar-refractivity contribution in [1.29, 1.82) is 0 Å². The standard InChI is InChI=1S/C17H13F2N/c1-10-6-7-13(12-5-3-2-4-11(10)12)14-8-16(19)17(20)9-15(14)18/h2-9H,20H2,1H3. The third-order valence-electron chi connectivity index (χ3n) is 3.52. The van der Waals surface area contributed by atoms with Crippen LogP contribution in [0.5, 0.6) is 0 Å². The maximum absolute atomic E-state index is 14.1. The zero-order chi connectivity index (χ0) is 14.3. The first-order valence-corrected chi connectivity index (χ1v) is 6.31. The Kier molecular flexibility index (Phi) is 2.90. The van der Waals surface area contributed by atoms with Crippen molar-refractivity contribution in [3.05, 3.63) is 65.7 Å². The number of fused-ring (bicyclic) bond motifs is 1. The number of rotatable bonds is 1. The molecule has 0 aliphatic rings. The van der Waals surface area contributed by atoms with E-state index in [0.29, 0.717) is 5.56 Å². The Balaban J connectivity index is 2.36. The van der Waals surface area contributed by atoms with E-state index in [1.54, 1.807) is 0 Å². The number of halogens is 2. The van der Waals surface area contributed by atoms with Crippen LogP contribution in [-0.2, 0) is 0 Å². The summed E-state index contributed by atoms with van der Waals surface area (Å²) in [5, 5.41) is 1.93. The smallest absolute Gasteiger partial charge is 0.146 e. The molecule has 0 saturated heterocycles. The van der Waals surface area contributed by atoms with Crippen LogP contribution < -0.4 is 5.73 Å². The number of hydrogen-bond acceptors (Lipinski definition) is 1. The summed E-state index contributed by atoms with van der Waals surface area (Å²) >= 11 is 0. The van der Waals surface area contributed by atoms with E-state index >= 15 is 0 Å². The summed E-state index contributed by atoms with van der Waals surface area (Å²) in [7, 11) is 0. The van der Waals surface area contributed by atoms with Crippen molar-refractivity contribution in [2.24, 2.45) is 0 Å². The highest BCUT2D eigenvalue weighted by molar-refractivity contribution is 5.98. The van der Waals surface area contributed by atoms with E-state index in [1.165, 1.54) is 0 Å². The molecule has 0 heterocycles. The minimum Gasteiger partial charge on any atom is -0.396 e. The van der Waals surface area contributed by atoms with Crippen LogP contribution >= 0.6 is 0 Å². The van der Waals surface area contributed by atoms with Crippen molar-refractivity contribution in [2.45, 2.75) is 6.92 Å². The maximum Gasteiger partial charge on any atom is 0.146 e. The quantitative estimate of drug-likeness (QED) is 0.638. The summed E-state index contributed by atoms with van der Waals surface area (Å²) in [5.41, 5.74) is 7.21. The molecule has 3 heteroatoms. The Morgan fingerprint density at radius 1 is 0.800 bits per heavy atom. The number of hydrogen-bond donors (Lipinski definition) is 1. The molecule has 0 radical (unpaired) electrons. The lowest BCUT2D eigenvalue weighted by Gasteiger charge is -2.11. The molecule has 0 fully saturated rings. The normalized spacial score (nSPS) is 10.9. The van der Waals surface area contributed by atoms with Crippen molar-refractivity contribution in [3.8, 4) is 11.1 Å². The van der Waals surface area contributed by atoms with E-state index in [0.717, 1.165) is 28.5 Å². The van der Waals surface area contributed by atoms with E-state index in [1.807, 2.05) is 43.3 Å². The topological polar surface area (TPSA) is 26.0 Å². The molecule has 0 aliphatic heterocycles. The van der Waals surface area contributed by atoms with E-state index in [4.69, 9.17) is 5.73 Å². The van der Waals surface area contributed by atoms with Crippen LogP contribution in [0.1, 0.15) is 5.56 Å². The lowest BCUT2D eigenvalue weighted by Crippen LogP contribution is -1.95. The van der Waals surface area contributed by atoms with Crippen molar-refractivity contribution >= 4 is 16.5 Å². The molecule has 0 atom stereocenters. The number of aryl methyl sites for hydroxylation is 1. The largest absolute Gasteiger partial charge is 0.396 e. The average Bonchev–Trinajstić information content (AvgIpc) is 2.44. The van der Waals surface area contributed by atoms with Gasteiger partial charge in [0, 0.05) is 11.6 Å². The van der Waals surface area contributed by atoms with Gasteiger partial charge in [0.05, 0.1) is 5.69 Å². The predicted octanol–water partition coefficient (Wildman–Crippen LogP) is 4.68. The molecular weight excluding hydrogens is 256 g/mol. The van der Waals surface area contributed by atoms with Gasteiger partial charge in [0.15, 0.2) is 0 Å². The molecule has 3 aromatic rings. The Morgan fingerprint density at radius 2 is 1.50 bits per heavy atom. The van der Waals surface area contributed by atoms with Crippen LogP contribution in [-0.4, -0.2) is 0 Å². The van der Waals surface area contributed by atoms with Crippen LogP contribution in [0.3, 0.4) is 0 Å². The minimum absolute atomic E-state index is 0.178. The van der Waals surface area contributed by atoms with Gasteiger partial charge in [-0.05, 0) is 34.9 Å². The summed E-state index contributed by atoms with van der Waals surface area (Å²) < 4.78 is 27.7. The molecule has 0 aliphatic carbocycles. The van der Waals surface area contributed by atoms with Gasteiger partial charge in [0.2, 0.25) is 0 Å². The molecule has 3 rings (SSSR count). The van der Waals surface area contributed by atoms with Gasteiger partial charge in [0.25, 0.3) is 0 Å². The summed E-state index contributed by atoms with van der Waals surface area (Å²) in [6.45, 7) is 1.99. The number of anilines is 1. The minimum atomic E-state index is -0.606. The van der Waals surface area contributed by atoms with Gasteiger partial charge in [-0.1, -0.05) is 36.4 Å². The van der Waals surface area contributed by atoms with Crippen LogP contribution in [0.15, 0.2) is 48.5 Å². The summed E-state index contributed by atoms with van der Waals surface area (Å²) in [6, 6.07) is 13.6. The first-order valence-electron chi connectivity index (χ1n) is 6.31. The third kappa shape index (κ3) is 1.92. The molecule has 0 aromatic heterocycles. The average molecular weight is 269 g/mol. The number of benzene rings is 3. The first kappa shape index (κ1) is 12.6. The van der Waals surface area contributed by atoms with E-state index in [9.17, 15) is 8.78 Å². The third-order valence-corrected chi connectivity index (χ3v) is 3.52. The van der Waals surface area contributed by atoms with Gasteiger partial charge in [-0.3, -0.25) is 0 Å². The second-order valence-corrected chi connectivity index (χ2v) is 4.83. The number of nitrogen functional groups attached to an aromatic ring is 1. The van der Waals surface area contributed by atoms with Crippen molar-refractivity contribution in [1.82, 2.24) is 0 Å². The molecule has 0 unspecified atom stereocenters. The van der Waals surface area contributed by atoms with E-state index < -0.39 is 11.6 Å². The monoisotopic (exact) mass is 269 g/mol. The van der Waals surface area contributed by atoms with Crippen molar-refractivity contribution in [2.75, 3.05) is 5.73 Å². The summed E-state index contributed by atoms with van der Waals surface area (Å²) in [4.78, 5) is 0. The molecule has 1 nitrogen and oxygen atoms in total. The van der Waals surface area contributed by atoms with Gasteiger partial charge in [-0.25, -0.2) is 8.78 Å². The molecule has 0 bridgehead atoms. The molecule has 0 spiro atoms. The Hall–Kier alpha value is -2.42. The summed E-state index contributed by atoms with van der Waals surface area (Å²) in [6.07, 6.45) is 0. The Labute approximate surface area is 115 Å². The predicted molar refractivity (Wildman–Crippen MR) is 78.4 cm³/mol. The fraction of sp³-hybridized carbons (Fsp3) is 0.0588. The van der Waals surface area contributed by atoms with Crippen molar-refractivity contribution < 1.29 is 8.78 Å². The van der Waals surface area contributed by atoms with Crippen LogP contribution in [0.2, 0.25) is 0 Å². The summed E-state index contributed by atoms with van der Waals surface area (Å²) in [5.74, 6) is -1.12. The number of nitrogens with two attached hydrogens (primary N) is 1. The highest BCUT2D eigenvalue weighted by Gasteiger charge is 2.13. The van der Waals surface area contributed by atoms with Crippen LogP contribution in [0.25, 0.3) is 21.9 Å². The zero-order valence-corrected chi connectivity index (χ0v) is 11.0. The fourth-order valence-corrected chi connectivity index (χ4v) is 2.45. The second kappa shape index (κ2) is 4.60. The molecule has 20 heavy (non-hydrogen) atoms. The van der Waals surface area contributed by atoms with E-state index in [2.05, 4.69) is 0 Å². The zero-order valence-electron chi connectivity index (χ0n) is 11.0. The Bertz CT molecular complexity index is 809. The molecule has 2 N–H and O–H groups in total. The highest BCUT2D eigenvalue weighted by atomic mass is 19.1. The van der Waals surface area contributed by atoms with Gasteiger partial charge in [-0.2, -0.15) is 0 Å². The molecular formula is C17H13F2N. The molecule has 0 saturated carbocycles. The van der Waals surface area contributed by atoms with Gasteiger partial charge in [-0.15, -0.1) is 0 Å². The molecule has 100 valence electrons. The fourth-order valence-electron chi connectivity index (χ4n) is 2.45. The first-order chi connectivity index (χ1) is 9.58. The lowest BCUT2D eigenvalue weighted by molar-refractivity contribution is 0.607. The van der Waals surface area contributed by atoms with Crippen LogP contribution in [0.4, 0.5) is 14.5 Å². The Morgan fingerprint density at radius 3 is 2.25 bits per heavy atom. The van der Waals surface area contributed by atoms with Gasteiger partial charge >= 0.3 is 0 Å². The maximum atomic E-state index is 14.1. The SMILES string of the molecule is Cc1ccc(-c2cc(F)c(N)cc2F)c2ccccc12.